The zero-order chi connectivity index (χ0) is 13.0. The summed E-state index contributed by atoms with van der Waals surface area (Å²) in [5.74, 6) is 0.0336. The number of hydrogen-bond acceptors (Lipinski definition) is 2. The molecule has 1 unspecified atom stereocenters. The Morgan fingerprint density at radius 3 is 2.94 bits per heavy atom. The van der Waals surface area contributed by atoms with E-state index in [2.05, 4.69) is 26.6 Å². The molecule has 1 aromatic carbocycles. The Hall–Kier alpha value is -0.870. The molecule has 2 rings (SSSR count). The molecule has 2 N–H and O–H groups in total. The molecule has 0 aromatic heterocycles. The summed E-state index contributed by atoms with van der Waals surface area (Å²) in [4.78, 5) is 12.2. The molecule has 1 amide bonds. The van der Waals surface area contributed by atoms with Crippen molar-refractivity contribution in [2.24, 2.45) is 0 Å². The van der Waals surface area contributed by atoms with Crippen molar-refractivity contribution >= 4 is 21.8 Å². The third-order valence-corrected chi connectivity index (χ3v) is 3.67. The summed E-state index contributed by atoms with van der Waals surface area (Å²) in [7, 11) is 0. The highest BCUT2D eigenvalue weighted by molar-refractivity contribution is 9.10. The van der Waals surface area contributed by atoms with E-state index in [1.807, 2.05) is 25.1 Å². The lowest BCUT2D eigenvalue weighted by atomic mass is 10.1. The molecule has 1 saturated heterocycles. The second-order valence-corrected chi connectivity index (χ2v) is 5.78. The molecular formula is C14H19BrN2O. The normalized spacial score (nSPS) is 20.2. The molecule has 1 fully saturated rings. The summed E-state index contributed by atoms with van der Waals surface area (Å²) in [5.41, 5.74) is 1.83. The first-order chi connectivity index (χ1) is 8.65. The van der Waals surface area contributed by atoms with Crippen LogP contribution in [0.4, 0.5) is 0 Å². The van der Waals surface area contributed by atoms with Crippen LogP contribution in [0.15, 0.2) is 22.7 Å². The van der Waals surface area contributed by atoms with Crippen molar-refractivity contribution in [1.29, 1.82) is 0 Å². The Kier molecular flexibility index (Phi) is 4.78. The summed E-state index contributed by atoms with van der Waals surface area (Å²) < 4.78 is 0.954. The van der Waals surface area contributed by atoms with E-state index in [4.69, 9.17) is 0 Å². The first-order valence-electron chi connectivity index (χ1n) is 6.44. The Morgan fingerprint density at radius 1 is 1.33 bits per heavy atom. The summed E-state index contributed by atoms with van der Waals surface area (Å²) in [5, 5.41) is 6.48. The van der Waals surface area contributed by atoms with Crippen LogP contribution in [0.3, 0.4) is 0 Å². The highest BCUT2D eigenvalue weighted by Gasteiger charge is 2.15. The molecule has 0 bridgehead atoms. The Balaban J connectivity index is 2.01. The number of benzene rings is 1. The predicted molar refractivity (Wildman–Crippen MR) is 76.9 cm³/mol. The van der Waals surface area contributed by atoms with Gasteiger partial charge in [-0.05, 0) is 63.0 Å². The highest BCUT2D eigenvalue weighted by Crippen LogP contribution is 2.16. The van der Waals surface area contributed by atoms with Crippen molar-refractivity contribution in [3.63, 3.8) is 0 Å². The topological polar surface area (TPSA) is 41.1 Å². The van der Waals surface area contributed by atoms with Crippen LogP contribution in [-0.4, -0.2) is 25.0 Å². The molecule has 1 aromatic rings. The van der Waals surface area contributed by atoms with Crippen molar-refractivity contribution in [3.05, 3.63) is 33.8 Å². The molecule has 0 saturated carbocycles. The first kappa shape index (κ1) is 13.6. The zero-order valence-corrected chi connectivity index (χ0v) is 12.2. The molecule has 98 valence electrons. The van der Waals surface area contributed by atoms with Gasteiger partial charge in [0.2, 0.25) is 0 Å². The van der Waals surface area contributed by atoms with E-state index in [0.717, 1.165) is 48.0 Å². The Bertz CT molecular complexity index is 406. The van der Waals surface area contributed by atoms with E-state index in [9.17, 15) is 4.79 Å². The number of carbonyl (C=O) groups excluding carboxylic acids is 1. The summed E-state index contributed by atoms with van der Waals surface area (Å²) in [6.45, 7) is 4.04. The molecule has 0 radical (unpaired) electrons. The van der Waals surface area contributed by atoms with Crippen LogP contribution in [0, 0.1) is 6.92 Å². The average Bonchev–Trinajstić information content (AvgIpc) is 2.56. The van der Waals surface area contributed by atoms with Gasteiger partial charge >= 0.3 is 0 Å². The van der Waals surface area contributed by atoms with Gasteiger partial charge in [0, 0.05) is 16.1 Å². The fourth-order valence-corrected chi connectivity index (χ4v) is 2.91. The minimum Gasteiger partial charge on any atom is -0.349 e. The van der Waals surface area contributed by atoms with Gasteiger partial charge in [0.05, 0.1) is 0 Å². The maximum atomic E-state index is 12.2. The van der Waals surface area contributed by atoms with Crippen molar-refractivity contribution in [1.82, 2.24) is 10.6 Å². The Morgan fingerprint density at radius 2 is 2.17 bits per heavy atom. The van der Waals surface area contributed by atoms with Gasteiger partial charge in [0.25, 0.3) is 5.91 Å². The van der Waals surface area contributed by atoms with E-state index in [0.29, 0.717) is 6.04 Å². The molecular weight excluding hydrogens is 292 g/mol. The second-order valence-electron chi connectivity index (χ2n) is 4.87. The Labute approximate surface area is 116 Å². The number of hydrogen-bond donors (Lipinski definition) is 2. The number of aryl methyl sites for hydroxylation is 1. The van der Waals surface area contributed by atoms with Gasteiger partial charge in [0.1, 0.15) is 0 Å². The lowest BCUT2D eigenvalue weighted by molar-refractivity contribution is 0.0934. The van der Waals surface area contributed by atoms with Crippen LogP contribution in [0.5, 0.6) is 0 Å². The maximum Gasteiger partial charge on any atom is 0.251 e. The number of nitrogens with one attached hydrogen (secondary N) is 2. The van der Waals surface area contributed by atoms with Crippen molar-refractivity contribution in [2.75, 3.05) is 13.1 Å². The lowest BCUT2D eigenvalue weighted by Crippen LogP contribution is -2.35. The third-order valence-electron chi connectivity index (χ3n) is 3.22. The van der Waals surface area contributed by atoms with Gasteiger partial charge in [-0.1, -0.05) is 15.9 Å². The van der Waals surface area contributed by atoms with Crippen LogP contribution in [0.25, 0.3) is 0 Å². The van der Waals surface area contributed by atoms with E-state index < -0.39 is 0 Å². The quantitative estimate of drug-likeness (QED) is 0.881. The van der Waals surface area contributed by atoms with E-state index >= 15 is 0 Å². The predicted octanol–water partition coefficient (Wildman–Crippen LogP) is 2.63. The highest BCUT2D eigenvalue weighted by atomic mass is 79.9. The lowest BCUT2D eigenvalue weighted by Gasteiger charge is -2.16. The summed E-state index contributed by atoms with van der Waals surface area (Å²) >= 11 is 3.43. The third kappa shape index (κ3) is 3.82. The molecule has 0 spiro atoms. The number of carbonyl (C=O) groups is 1. The second kappa shape index (κ2) is 6.34. The van der Waals surface area contributed by atoms with E-state index in [-0.39, 0.29) is 5.91 Å². The van der Waals surface area contributed by atoms with E-state index in [1.165, 1.54) is 0 Å². The minimum absolute atomic E-state index is 0.0336. The number of amides is 1. The minimum atomic E-state index is 0.0336. The van der Waals surface area contributed by atoms with Gasteiger partial charge in [-0.25, -0.2) is 0 Å². The largest absolute Gasteiger partial charge is 0.349 e. The van der Waals surface area contributed by atoms with Gasteiger partial charge in [-0.2, -0.15) is 0 Å². The molecule has 18 heavy (non-hydrogen) atoms. The van der Waals surface area contributed by atoms with Gasteiger partial charge < -0.3 is 10.6 Å². The van der Waals surface area contributed by atoms with Gasteiger partial charge in [-0.3, -0.25) is 4.79 Å². The SMILES string of the molecule is Cc1cc(Br)cc(C(=O)NC2CCCNCC2)c1. The van der Waals surface area contributed by atoms with Gasteiger partial charge in [0.15, 0.2) is 0 Å². The summed E-state index contributed by atoms with van der Waals surface area (Å²) in [6.07, 6.45) is 3.20. The summed E-state index contributed by atoms with van der Waals surface area (Å²) in [6, 6.07) is 6.10. The monoisotopic (exact) mass is 310 g/mol. The van der Waals surface area contributed by atoms with Crippen LogP contribution in [0.2, 0.25) is 0 Å². The van der Waals surface area contributed by atoms with Crippen LogP contribution < -0.4 is 10.6 Å². The number of halogens is 1. The van der Waals surface area contributed by atoms with Crippen molar-refractivity contribution in [3.8, 4) is 0 Å². The standard InChI is InChI=1S/C14H19BrN2O/c1-10-7-11(9-12(15)8-10)14(18)17-13-3-2-5-16-6-4-13/h7-9,13,16H,2-6H2,1H3,(H,17,18). The molecule has 1 heterocycles. The molecule has 1 atom stereocenters. The molecule has 0 aliphatic carbocycles. The fraction of sp³-hybridized carbons (Fsp3) is 0.500. The molecule has 1 aliphatic rings. The molecule has 1 aliphatic heterocycles. The van der Waals surface area contributed by atoms with Crippen LogP contribution in [-0.2, 0) is 0 Å². The van der Waals surface area contributed by atoms with E-state index in [1.54, 1.807) is 0 Å². The molecule has 3 nitrogen and oxygen atoms in total. The number of rotatable bonds is 2. The van der Waals surface area contributed by atoms with Crippen molar-refractivity contribution < 1.29 is 4.79 Å². The van der Waals surface area contributed by atoms with Crippen molar-refractivity contribution in [2.45, 2.75) is 32.2 Å². The fourth-order valence-electron chi connectivity index (χ4n) is 2.30. The van der Waals surface area contributed by atoms with Gasteiger partial charge in [-0.15, -0.1) is 0 Å². The van der Waals surface area contributed by atoms with Crippen LogP contribution in [0.1, 0.15) is 35.2 Å². The smallest absolute Gasteiger partial charge is 0.251 e. The average molecular weight is 311 g/mol. The zero-order valence-electron chi connectivity index (χ0n) is 10.6. The maximum absolute atomic E-state index is 12.2. The molecule has 4 heteroatoms. The van der Waals surface area contributed by atoms with Crippen LogP contribution >= 0.6 is 15.9 Å². The first-order valence-corrected chi connectivity index (χ1v) is 7.23.